The summed E-state index contributed by atoms with van der Waals surface area (Å²) in [7, 11) is 0. The molecule has 17 heavy (non-hydrogen) atoms. The van der Waals surface area contributed by atoms with Crippen LogP contribution in [0.2, 0.25) is 0 Å². The molecule has 1 aromatic rings. The van der Waals surface area contributed by atoms with E-state index < -0.39 is 0 Å². The van der Waals surface area contributed by atoms with Gasteiger partial charge in [0.2, 0.25) is 0 Å². The molecule has 94 valence electrons. The Morgan fingerprint density at radius 2 is 2.06 bits per heavy atom. The molecule has 1 aliphatic carbocycles. The standard InChI is InChI=1S/C15H21FS/c1-15(2,17-3)13-8-7-12(9-13)11-5-4-6-14(16)10-11/h4-6,10,12-13H,7-9H2,1-3H3/t12-,13+/m1/s1. The van der Waals surface area contributed by atoms with Gasteiger partial charge in [-0.25, -0.2) is 4.39 Å². The zero-order valence-corrected chi connectivity index (χ0v) is 11.7. The van der Waals surface area contributed by atoms with E-state index in [-0.39, 0.29) is 5.82 Å². The molecule has 0 bridgehead atoms. The fraction of sp³-hybridized carbons (Fsp3) is 0.600. The van der Waals surface area contributed by atoms with E-state index >= 15 is 0 Å². The Kier molecular flexibility index (Phi) is 3.82. The van der Waals surface area contributed by atoms with Crippen molar-refractivity contribution in [2.45, 2.75) is 43.8 Å². The third-order valence-corrected chi connectivity index (χ3v) is 5.65. The first-order valence-electron chi connectivity index (χ1n) is 6.33. The maximum absolute atomic E-state index is 13.2. The lowest BCUT2D eigenvalue weighted by Gasteiger charge is -2.29. The second kappa shape index (κ2) is 5.01. The van der Waals surface area contributed by atoms with E-state index in [1.54, 1.807) is 6.07 Å². The van der Waals surface area contributed by atoms with Crippen LogP contribution >= 0.6 is 11.8 Å². The molecule has 0 amide bonds. The second-order valence-corrected chi connectivity index (χ2v) is 7.03. The number of benzene rings is 1. The van der Waals surface area contributed by atoms with Crippen molar-refractivity contribution in [1.82, 2.24) is 0 Å². The molecule has 1 aromatic carbocycles. The maximum atomic E-state index is 13.2. The Morgan fingerprint density at radius 3 is 2.71 bits per heavy atom. The van der Waals surface area contributed by atoms with E-state index in [1.165, 1.54) is 30.9 Å². The minimum absolute atomic E-state index is 0.102. The number of halogens is 1. The molecule has 1 saturated carbocycles. The van der Waals surface area contributed by atoms with Gasteiger partial charge in [-0.2, -0.15) is 11.8 Å². The maximum Gasteiger partial charge on any atom is 0.123 e. The van der Waals surface area contributed by atoms with E-state index in [4.69, 9.17) is 0 Å². The van der Waals surface area contributed by atoms with Crippen molar-refractivity contribution in [3.63, 3.8) is 0 Å². The van der Waals surface area contributed by atoms with Crippen molar-refractivity contribution in [3.8, 4) is 0 Å². The van der Waals surface area contributed by atoms with Crippen molar-refractivity contribution in [2.24, 2.45) is 5.92 Å². The molecule has 0 nitrogen and oxygen atoms in total. The van der Waals surface area contributed by atoms with E-state index in [9.17, 15) is 4.39 Å². The van der Waals surface area contributed by atoms with Crippen LogP contribution in [0.25, 0.3) is 0 Å². The number of rotatable bonds is 3. The zero-order valence-electron chi connectivity index (χ0n) is 10.9. The lowest BCUT2D eigenvalue weighted by molar-refractivity contribution is 0.431. The molecule has 0 aliphatic heterocycles. The molecular weight excluding hydrogens is 231 g/mol. The van der Waals surface area contributed by atoms with Crippen molar-refractivity contribution < 1.29 is 4.39 Å². The van der Waals surface area contributed by atoms with E-state index in [0.29, 0.717) is 10.7 Å². The minimum atomic E-state index is -0.102. The highest BCUT2D eigenvalue weighted by molar-refractivity contribution is 7.99. The summed E-state index contributed by atoms with van der Waals surface area (Å²) in [5.74, 6) is 1.21. The van der Waals surface area contributed by atoms with Crippen LogP contribution in [-0.4, -0.2) is 11.0 Å². The van der Waals surface area contributed by atoms with E-state index in [2.05, 4.69) is 26.2 Å². The molecule has 0 heterocycles. The molecule has 0 N–H and O–H groups in total. The molecule has 1 fully saturated rings. The largest absolute Gasteiger partial charge is 0.207 e. The predicted octanol–water partition coefficient (Wildman–Crippen LogP) is 4.85. The smallest absolute Gasteiger partial charge is 0.123 e. The Hall–Kier alpha value is -0.500. The van der Waals surface area contributed by atoms with Gasteiger partial charge in [-0.1, -0.05) is 26.0 Å². The van der Waals surface area contributed by atoms with Crippen molar-refractivity contribution >= 4 is 11.8 Å². The number of hydrogen-bond acceptors (Lipinski definition) is 1. The highest BCUT2D eigenvalue weighted by Gasteiger charge is 2.35. The third kappa shape index (κ3) is 2.85. The first kappa shape index (κ1) is 12.9. The van der Waals surface area contributed by atoms with E-state index in [1.807, 2.05) is 17.8 Å². The van der Waals surface area contributed by atoms with Gasteiger partial charge in [-0.15, -0.1) is 0 Å². The summed E-state index contributed by atoms with van der Waals surface area (Å²) >= 11 is 1.95. The van der Waals surface area contributed by atoms with Crippen LogP contribution in [0, 0.1) is 11.7 Å². The second-order valence-electron chi connectivity index (χ2n) is 5.57. The van der Waals surface area contributed by atoms with Crippen molar-refractivity contribution in [1.29, 1.82) is 0 Å². The molecule has 2 rings (SSSR count). The van der Waals surface area contributed by atoms with Crippen LogP contribution in [0.1, 0.15) is 44.6 Å². The summed E-state index contributed by atoms with van der Waals surface area (Å²) in [5, 5.41) is 0. The van der Waals surface area contributed by atoms with Crippen LogP contribution in [0.15, 0.2) is 24.3 Å². The zero-order chi connectivity index (χ0) is 12.5. The lowest BCUT2D eigenvalue weighted by atomic mass is 9.90. The molecule has 0 spiro atoms. The van der Waals surface area contributed by atoms with Crippen molar-refractivity contribution in [3.05, 3.63) is 35.6 Å². The molecular formula is C15H21FS. The Labute approximate surface area is 108 Å². The molecule has 0 unspecified atom stereocenters. The van der Waals surface area contributed by atoms with Crippen LogP contribution in [0.3, 0.4) is 0 Å². The summed E-state index contributed by atoms with van der Waals surface area (Å²) in [6, 6.07) is 7.14. The summed E-state index contributed by atoms with van der Waals surface area (Å²) in [6.07, 6.45) is 5.87. The minimum Gasteiger partial charge on any atom is -0.207 e. The van der Waals surface area contributed by atoms with Gasteiger partial charge in [0.1, 0.15) is 5.82 Å². The SMILES string of the molecule is CSC(C)(C)[C@H]1CC[C@@H](c2cccc(F)c2)C1. The van der Waals surface area contributed by atoms with Gasteiger partial charge < -0.3 is 0 Å². The average Bonchev–Trinajstić information content (AvgIpc) is 2.79. The van der Waals surface area contributed by atoms with Crippen LogP contribution in [-0.2, 0) is 0 Å². The van der Waals surface area contributed by atoms with Gasteiger partial charge in [0.05, 0.1) is 0 Å². The summed E-state index contributed by atoms with van der Waals surface area (Å²) in [4.78, 5) is 0. The monoisotopic (exact) mass is 252 g/mol. The molecule has 2 heteroatoms. The Morgan fingerprint density at radius 1 is 1.29 bits per heavy atom. The highest BCUT2D eigenvalue weighted by atomic mass is 32.2. The first-order chi connectivity index (χ1) is 8.03. The Balaban J connectivity index is 2.08. The molecule has 0 aromatic heterocycles. The number of hydrogen-bond donors (Lipinski definition) is 0. The number of thioether (sulfide) groups is 1. The van der Waals surface area contributed by atoms with Gasteiger partial charge in [-0.05, 0) is 55.1 Å². The molecule has 0 radical (unpaired) electrons. The van der Waals surface area contributed by atoms with Crippen LogP contribution in [0.4, 0.5) is 4.39 Å². The molecule has 0 saturated heterocycles. The van der Waals surface area contributed by atoms with Crippen molar-refractivity contribution in [2.75, 3.05) is 6.26 Å². The highest BCUT2D eigenvalue weighted by Crippen LogP contribution is 2.47. The van der Waals surface area contributed by atoms with Gasteiger partial charge in [0.25, 0.3) is 0 Å². The van der Waals surface area contributed by atoms with Gasteiger partial charge in [-0.3, -0.25) is 0 Å². The topological polar surface area (TPSA) is 0 Å². The van der Waals surface area contributed by atoms with Gasteiger partial charge in [0.15, 0.2) is 0 Å². The average molecular weight is 252 g/mol. The van der Waals surface area contributed by atoms with Gasteiger partial charge >= 0.3 is 0 Å². The summed E-state index contributed by atoms with van der Waals surface area (Å²) in [6.45, 7) is 4.66. The fourth-order valence-corrected chi connectivity index (χ4v) is 3.39. The third-order valence-electron chi connectivity index (χ3n) is 4.26. The Bertz CT molecular complexity index is 386. The lowest BCUT2D eigenvalue weighted by Crippen LogP contribution is -2.24. The summed E-state index contributed by atoms with van der Waals surface area (Å²) < 4.78 is 13.6. The first-order valence-corrected chi connectivity index (χ1v) is 7.56. The summed E-state index contributed by atoms with van der Waals surface area (Å²) in [5.41, 5.74) is 1.18. The fourth-order valence-electron chi connectivity index (χ4n) is 2.84. The van der Waals surface area contributed by atoms with E-state index in [0.717, 1.165) is 5.92 Å². The van der Waals surface area contributed by atoms with Crippen LogP contribution < -0.4 is 0 Å². The molecule has 1 aliphatic rings. The van der Waals surface area contributed by atoms with Crippen LogP contribution in [0.5, 0.6) is 0 Å². The van der Waals surface area contributed by atoms with Gasteiger partial charge in [0, 0.05) is 4.75 Å². The molecule has 2 atom stereocenters. The predicted molar refractivity (Wildman–Crippen MR) is 74.1 cm³/mol. The normalized spacial score (nSPS) is 25.2. The quantitative estimate of drug-likeness (QED) is 0.741.